The molecule has 0 spiro atoms. The number of rotatable bonds is 7. The van der Waals surface area contributed by atoms with E-state index in [9.17, 15) is 22.4 Å². The number of esters is 1. The third kappa shape index (κ3) is 4.09. The van der Waals surface area contributed by atoms with Gasteiger partial charge in [-0.1, -0.05) is 25.1 Å². The minimum Gasteiger partial charge on any atom is -0.494 e. The quantitative estimate of drug-likeness (QED) is 0.638. The van der Waals surface area contributed by atoms with Crippen molar-refractivity contribution in [1.29, 1.82) is 0 Å². The lowest BCUT2D eigenvalue weighted by molar-refractivity contribution is -0.119. The van der Waals surface area contributed by atoms with E-state index in [0.29, 0.717) is 15.4 Å². The first-order valence-corrected chi connectivity index (χ1v) is 10.6. The Hall–Kier alpha value is -2.94. The lowest BCUT2D eigenvalue weighted by Crippen LogP contribution is -2.39. The van der Waals surface area contributed by atoms with E-state index in [0.717, 1.165) is 6.07 Å². The summed E-state index contributed by atoms with van der Waals surface area (Å²) in [6.45, 7) is 1.66. The minimum atomic E-state index is -4.06. The fraction of sp³-hybridized carbons (Fsp3) is 0.300. The van der Waals surface area contributed by atoms with E-state index in [1.807, 2.05) is 0 Å². The molecule has 29 heavy (non-hydrogen) atoms. The number of anilines is 1. The van der Waals surface area contributed by atoms with Crippen LogP contribution < -0.4 is 9.04 Å². The zero-order valence-corrected chi connectivity index (χ0v) is 16.7. The number of amides is 1. The van der Waals surface area contributed by atoms with E-state index in [1.165, 1.54) is 19.2 Å². The average molecular weight is 421 g/mol. The van der Waals surface area contributed by atoms with E-state index >= 15 is 0 Å². The van der Waals surface area contributed by atoms with Gasteiger partial charge >= 0.3 is 5.97 Å². The van der Waals surface area contributed by atoms with Crippen molar-refractivity contribution in [2.24, 2.45) is 0 Å². The summed E-state index contributed by atoms with van der Waals surface area (Å²) in [6, 6.07) is 10.1. The number of cyclic esters (lactones) is 1. The Morgan fingerprint density at radius 2 is 1.97 bits per heavy atom. The maximum atomic E-state index is 14.2. The van der Waals surface area contributed by atoms with Crippen LogP contribution in [0.1, 0.15) is 41.8 Å². The van der Waals surface area contributed by atoms with Crippen LogP contribution in [0.2, 0.25) is 0 Å². The molecule has 0 bridgehead atoms. The Bertz CT molecular complexity index is 1050. The number of methoxy groups -OCH3 is 1. The number of nitrogens with zero attached hydrogens (tertiary/aromatic N) is 1. The molecule has 0 saturated carbocycles. The molecule has 154 valence electrons. The van der Waals surface area contributed by atoms with Crippen molar-refractivity contribution in [2.75, 3.05) is 17.2 Å². The minimum absolute atomic E-state index is 0.0762. The smallest absolute Gasteiger partial charge is 0.339 e. The number of hydrogen-bond donors (Lipinski definition) is 0. The first kappa shape index (κ1) is 20.8. The maximum absolute atomic E-state index is 14.2. The van der Waals surface area contributed by atoms with Crippen LogP contribution in [0.4, 0.5) is 10.1 Å². The van der Waals surface area contributed by atoms with Gasteiger partial charge in [0, 0.05) is 11.6 Å². The molecule has 1 amide bonds. The van der Waals surface area contributed by atoms with Gasteiger partial charge in [-0.3, -0.25) is 4.79 Å². The van der Waals surface area contributed by atoms with Crippen LogP contribution in [0.3, 0.4) is 0 Å². The van der Waals surface area contributed by atoms with Crippen molar-refractivity contribution in [3.8, 4) is 5.75 Å². The van der Waals surface area contributed by atoms with E-state index in [2.05, 4.69) is 0 Å². The lowest BCUT2D eigenvalue weighted by atomic mass is 10.0. The summed E-state index contributed by atoms with van der Waals surface area (Å²) in [5, 5.41) is 0. The number of carbonyl (C=O) groups is 2. The zero-order chi connectivity index (χ0) is 21.2. The van der Waals surface area contributed by atoms with Gasteiger partial charge in [-0.2, -0.15) is 0 Å². The topological polar surface area (TPSA) is 90.0 Å². The van der Waals surface area contributed by atoms with Crippen LogP contribution >= 0.6 is 0 Å². The summed E-state index contributed by atoms with van der Waals surface area (Å²) >= 11 is 0. The van der Waals surface area contributed by atoms with Gasteiger partial charge in [0.1, 0.15) is 6.10 Å². The molecule has 1 atom stereocenters. The van der Waals surface area contributed by atoms with Crippen LogP contribution in [-0.4, -0.2) is 33.2 Å². The molecule has 3 rings (SSSR count). The molecule has 0 aromatic heterocycles. The highest BCUT2D eigenvalue weighted by atomic mass is 32.2. The van der Waals surface area contributed by atoms with Crippen molar-refractivity contribution in [2.45, 2.75) is 25.9 Å². The Morgan fingerprint density at radius 1 is 1.24 bits per heavy atom. The molecule has 0 aliphatic carbocycles. The van der Waals surface area contributed by atoms with Crippen molar-refractivity contribution in [3.05, 3.63) is 59.4 Å². The van der Waals surface area contributed by atoms with Gasteiger partial charge in [-0.15, -0.1) is 0 Å². The van der Waals surface area contributed by atoms with Crippen LogP contribution in [0, 0.1) is 5.82 Å². The van der Waals surface area contributed by atoms with Gasteiger partial charge in [0.15, 0.2) is 11.6 Å². The van der Waals surface area contributed by atoms with Gasteiger partial charge in [0.05, 0.1) is 30.5 Å². The number of sulfonamides is 1. The van der Waals surface area contributed by atoms with Gasteiger partial charge in [0.25, 0.3) is 0 Å². The van der Waals surface area contributed by atoms with Crippen LogP contribution in [0.25, 0.3) is 0 Å². The predicted octanol–water partition coefficient (Wildman–Crippen LogP) is 3.21. The second-order valence-electron chi connectivity index (χ2n) is 6.48. The highest BCUT2D eigenvalue weighted by Crippen LogP contribution is 2.35. The summed E-state index contributed by atoms with van der Waals surface area (Å²) in [7, 11) is -2.78. The van der Waals surface area contributed by atoms with Crippen molar-refractivity contribution >= 4 is 27.6 Å². The van der Waals surface area contributed by atoms with Gasteiger partial charge in [-0.05, 0) is 24.6 Å². The molecule has 2 aromatic rings. The van der Waals surface area contributed by atoms with Crippen LogP contribution in [-0.2, 0) is 19.6 Å². The van der Waals surface area contributed by atoms with E-state index < -0.39 is 33.8 Å². The standard InChI is InChI=1S/C20H20FNO6S/c1-3-10-29(25,26)22(13-8-9-17(27-2)16(21)11-13)19(23)12-18-14-6-4-5-7-15(14)20(24)28-18/h4-9,11,18H,3,10,12H2,1-2H3. The van der Waals surface area contributed by atoms with Crippen molar-refractivity contribution in [1.82, 2.24) is 0 Å². The summed E-state index contributed by atoms with van der Waals surface area (Å²) in [5.74, 6) is -2.57. The van der Waals surface area contributed by atoms with Crippen LogP contribution in [0.5, 0.6) is 5.75 Å². The third-order valence-corrected chi connectivity index (χ3v) is 6.37. The third-order valence-electron chi connectivity index (χ3n) is 4.47. The number of halogens is 1. The van der Waals surface area contributed by atoms with Crippen LogP contribution in [0.15, 0.2) is 42.5 Å². The lowest BCUT2D eigenvalue weighted by Gasteiger charge is -2.24. The summed E-state index contributed by atoms with van der Waals surface area (Å²) in [5.41, 5.74) is 0.711. The molecule has 2 aromatic carbocycles. The van der Waals surface area contributed by atoms with Crippen molar-refractivity contribution < 1.29 is 31.9 Å². The Balaban J connectivity index is 1.96. The fourth-order valence-corrected chi connectivity index (χ4v) is 4.72. The number of carbonyl (C=O) groups excluding carboxylic acids is 2. The van der Waals surface area contributed by atoms with Gasteiger partial charge < -0.3 is 9.47 Å². The fourth-order valence-electron chi connectivity index (χ4n) is 3.20. The molecule has 0 saturated heterocycles. The van der Waals surface area contributed by atoms with E-state index in [-0.39, 0.29) is 30.0 Å². The molecule has 9 heteroatoms. The molecule has 1 aliphatic rings. The normalized spacial score (nSPS) is 15.6. The van der Waals surface area contributed by atoms with Crippen molar-refractivity contribution in [3.63, 3.8) is 0 Å². The summed E-state index contributed by atoms with van der Waals surface area (Å²) in [6.07, 6.45) is -1.03. The Labute approximate surface area is 168 Å². The molecule has 7 nitrogen and oxygen atoms in total. The summed E-state index contributed by atoms with van der Waals surface area (Å²) in [4.78, 5) is 25.0. The SMILES string of the molecule is CCCS(=O)(=O)N(C(=O)CC1OC(=O)c2ccccc21)c1ccc(OC)c(F)c1. The molecule has 1 heterocycles. The highest BCUT2D eigenvalue weighted by Gasteiger charge is 2.36. The molecular formula is C20H20FNO6S. The number of ether oxygens (including phenoxy) is 2. The maximum Gasteiger partial charge on any atom is 0.339 e. The van der Waals surface area contributed by atoms with Gasteiger partial charge in [0.2, 0.25) is 15.9 Å². The average Bonchev–Trinajstić information content (AvgIpc) is 2.97. The van der Waals surface area contributed by atoms with E-state index in [1.54, 1.807) is 31.2 Å². The molecule has 1 aliphatic heterocycles. The highest BCUT2D eigenvalue weighted by molar-refractivity contribution is 7.93. The second-order valence-corrected chi connectivity index (χ2v) is 8.42. The first-order valence-electron chi connectivity index (χ1n) is 8.97. The molecule has 0 fully saturated rings. The summed E-state index contributed by atoms with van der Waals surface area (Å²) < 4.78 is 50.4. The largest absolute Gasteiger partial charge is 0.494 e. The predicted molar refractivity (Wildman–Crippen MR) is 104 cm³/mol. The number of hydrogen-bond acceptors (Lipinski definition) is 6. The zero-order valence-electron chi connectivity index (χ0n) is 15.9. The molecular weight excluding hydrogens is 401 g/mol. The Kier molecular flexibility index (Phi) is 5.88. The number of fused-ring (bicyclic) bond motifs is 1. The van der Waals surface area contributed by atoms with Gasteiger partial charge in [-0.25, -0.2) is 21.9 Å². The molecule has 1 unspecified atom stereocenters. The molecule has 0 N–H and O–H groups in total. The number of benzene rings is 2. The van der Waals surface area contributed by atoms with E-state index in [4.69, 9.17) is 9.47 Å². The Morgan fingerprint density at radius 3 is 2.62 bits per heavy atom. The monoisotopic (exact) mass is 421 g/mol. The second kappa shape index (κ2) is 8.20. The first-order chi connectivity index (χ1) is 13.8. The molecule has 0 radical (unpaired) electrons.